The van der Waals surface area contributed by atoms with Gasteiger partial charge >= 0.3 is 0 Å². The van der Waals surface area contributed by atoms with Crippen LogP contribution in [0.25, 0.3) is 12.2 Å². The highest BCUT2D eigenvalue weighted by atomic mass is 35.5. The third kappa shape index (κ3) is 6.05. The molecule has 0 unspecified atom stereocenters. The van der Waals surface area contributed by atoms with Crippen molar-refractivity contribution < 1.29 is 4.74 Å². The van der Waals surface area contributed by atoms with E-state index < -0.39 is 0 Å². The SMILES string of the molecule is Cc1ccc(OCCCN(C)C)c(C=Cc2cccc(Cl)c2)n1. The summed E-state index contributed by atoms with van der Waals surface area (Å²) in [6, 6.07) is 11.7. The Hall–Kier alpha value is -1.84. The van der Waals surface area contributed by atoms with E-state index in [1.165, 1.54) is 0 Å². The van der Waals surface area contributed by atoms with Crippen LogP contribution in [0.15, 0.2) is 36.4 Å². The molecule has 0 saturated heterocycles. The molecule has 0 radical (unpaired) electrons. The third-order valence-corrected chi connectivity index (χ3v) is 3.55. The molecule has 2 rings (SSSR count). The van der Waals surface area contributed by atoms with Gasteiger partial charge in [-0.2, -0.15) is 0 Å². The molecule has 4 heteroatoms. The van der Waals surface area contributed by atoms with Crippen LogP contribution in [0.1, 0.15) is 23.4 Å². The average Bonchev–Trinajstić information content (AvgIpc) is 2.51. The second-order valence-electron chi connectivity index (χ2n) is 5.73. The largest absolute Gasteiger partial charge is 0.491 e. The predicted octanol–water partition coefficient (Wildman–Crippen LogP) is 4.54. The number of hydrogen-bond acceptors (Lipinski definition) is 3. The number of aryl methyl sites for hydroxylation is 1. The fourth-order valence-electron chi connectivity index (χ4n) is 2.15. The van der Waals surface area contributed by atoms with Crippen molar-refractivity contribution >= 4 is 23.8 Å². The van der Waals surface area contributed by atoms with Crippen molar-refractivity contribution in [3.8, 4) is 5.75 Å². The van der Waals surface area contributed by atoms with E-state index >= 15 is 0 Å². The van der Waals surface area contributed by atoms with E-state index in [9.17, 15) is 0 Å². The summed E-state index contributed by atoms with van der Waals surface area (Å²) < 4.78 is 5.89. The van der Waals surface area contributed by atoms with Crippen LogP contribution >= 0.6 is 11.6 Å². The second kappa shape index (κ2) is 8.70. The first kappa shape index (κ1) is 17.5. The molecule has 0 saturated carbocycles. The van der Waals surface area contributed by atoms with E-state index in [-0.39, 0.29) is 0 Å². The van der Waals surface area contributed by atoms with Gasteiger partial charge in [0.15, 0.2) is 0 Å². The van der Waals surface area contributed by atoms with E-state index in [1.54, 1.807) is 0 Å². The van der Waals surface area contributed by atoms with Crippen LogP contribution in [0.3, 0.4) is 0 Å². The van der Waals surface area contributed by atoms with Crippen molar-refractivity contribution in [1.82, 2.24) is 9.88 Å². The van der Waals surface area contributed by atoms with Gasteiger partial charge in [-0.1, -0.05) is 29.8 Å². The molecular formula is C19H23ClN2O. The summed E-state index contributed by atoms with van der Waals surface area (Å²) in [6.07, 6.45) is 4.96. The van der Waals surface area contributed by atoms with Gasteiger partial charge in [-0.3, -0.25) is 0 Å². The topological polar surface area (TPSA) is 25.4 Å². The van der Waals surface area contributed by atoms with Crippen molar-refractivity contribution in [2.45, 2.75) is 13.3 Å². The maximum Gasteiger partial charge on any atom is 0.144 e. The van der Waals surface area contributed by atoms with Crippen LogP contribution in [0, 0.1) is 6.92 Å². The summed E-state index contributed by atoms with van der Waals surface area (Å²) in [7, 11) is 4.12. The number of rotatable bonds is 7. The Morgan fingerprint density at radius 2 is 2.00 bits per heavy atom. The Balaban J connectivity index is 2.09. The maximum absolute atomic E-state index is 6.01. The number of ether oxygens (including phenoxy) is 1. The molecule has 0 spiro atoms. The number of halogens is 1. The van der Waals surface area contributed by atoms with E-state index in [0.29, 0.717) is 6.61 Å². The quantitative estimate of drug-likeness (QED) is 0.697. The number of nitrogens with zero attached hydrogens (tertiary/aromatic N) is 2. The molecule has 3 nitrogen and oxygen atoms in total. The summed E-state index contributed by atoms with van der Waals surface area (Å²) in [5.74, 6) is 0.813. The molecule has 0 amide bonds. The summed E-state index contributed by atoms with van der Waals surface area (Å²) in [5, 5.41) is 0.726. The lowest BCUT2D eigenvalue weighted by molar-refractivity contribution is 0.280. The number of pyridine rings is 1. The number of hydrogen-bond donors (Lipinski definition) is 0. The van der Waals surface area contributed by atoms with Gasteiger partial charge in [0.25, 0.3) is 0 Å². The smallest absolute Gasteiger partial charge is 0.144 e. The molecule has 1 aromatic heterocycles. The summed E-state index contributed by atoms with van der Waals surface area (Å²) in [6.45, 7) is 3.67. The molecule has 1 heterocycles. The lowest BCUT2D eigenvalue weighted by atomic mass is 10.2. The van der Waals surface area contributed by atoms with Gasteiger partial charge in [0.1, 0.15) is 11.4 Å². The average molecular weight is 331 g/mol. The molecule has 122 valence electrons. The van der Waals surface area contributed by atoms with Crippen LogP contribution in [-0.2, 0) is 0 Å². The normalized spacial score (nSPS) is 11.3. The molecule has 0 N–H and O–H groups in total. The highest BCUT2D eigenvalue weighted by molar-refractivity contribution is 6.30. The van der Waals surface area contributed by atoms with Crippen LogP contribution in [0.5, 0.6) is 5.75 Å². The summed E-state index contributed by atoms with van der Waals surface area (Å²) >= 11 is 6.01. The van der Waals surface area contributed by atoms with Crippen LogP contribution in [-0.4, -0.2) is 37.1 Å². The minimum Gasteiger partial charge on any atom is -0.491 e. The summed E-state index contributed by atoms with van der Waals surface area (Å²) in [4.78, 5) is 6.72. The van der Waals surface area contributed by atoms with Crippen molar-refractivity contribution in [2.75, 3.05) is 27.2 Å². The fraction of sp³-hybridized carbons (Fsp3) is 0.316. The zero-order valence-corrected chi connectivity index (χ0v) is 14.7. The Bertz CT molecular complexity index is 668. The lowest BCUT2D eigenvalue weighted by Crippen LogP contribution is -2.15. The molecule has 0 bridgehead atoms. The predicted molar refractivity (Wildman–Crippen MR) is 98.0 cm³/mol. The summed E-state index contributed by atoms with van der Waals surface area (Å²) in [5.41, 5.74) is 2.85. The lowest BCUT2D eigenvalue weighted by Gasteiger charge is -2.12. The first-order chi connectivity index (χ1) is 11.0. The molecule has 0 atom stereocenters. The molecule has 0 aliphatic rings. The minimum absolute atomic E-state index is 0.681. The Morgan fingerprint density at radius 3 is 2.74 bits per heavy atom. The monoisotopic (exact) mass is 330 g/mol. The van der Waals surface area contributed by atoms with E-state index in [2.05, 4.69) is 24.0 Å². The van der Waals surface area contributed by atoms with Gasteiger partial charge in [0.2, 0.25) is 0 Å². The van der Waals surface area contributed by atoms with E-state index in [1.807, 2.05) is 55.5 Å². The van der Waals surface area contributed by atoms with Gasteiger partial charge in [-0.05, 0) is 63.3 Å². The Morgan fingerprint density at radius 1 is 1.17 bits per heavy atom. The van der Waals surface area contributed by atoms with E-state index in [0.717, 1.165) is 40.7 Å². The Kier molecular flexibility index (Phi) is 6.63. The van der Waals surface area contributed by atoms with E-state index in [4.69, 9.17) is 16.3 Å². The maximum atomic E-state index is 6.01. The van der Waals surface area contributed by atoms with Crippen molar-refractivity contribution in [3.63, 3.8) is 0 Å². The first-order valence-electron chi connectivity index (χ1n) is 7.73. The van der Waals surface area contributed by atoms with Gasteiger partial charge in [-0.15, -0.1) is 0 Å². The van der Waals surface area contributed by atoms with Gasteiger partial charge < -0.3 is 9.64 Å². The van der Waals surface area contributed by atoms with Crippen LogP contribution < -0.4 is 4.74 Å². The Labute approximate surface area is 143 Å². The zero-order chi connectivity index (χ0) is 16.7. The van der Waals surface area contributed by atoms with Gasteiger partial charge in [-0.25, -0.2) is 4.98 Å². The highest BCUT2D eigenvalue weighted by Crippen LogP contribution is 2.21. The highest BCUT2D eigenvalue weighted by Gasteiger charge is 2.03. The van der Waals surface area contributed by atoms with Crippen LogP contribution in [0.2, 0.25) is 5.02 Å². The molecule has 23 heavy (non-hydrogen) atoms. The van der Waals surface area contributed by atoms with Crippen molar-refractivity contribution in [2.24, 2.45) is 0 Å². The molecule has 0 aliphatic carbocycles. The standard InChI is InChI=1S/C19H23ClN2O/c1-15-8-11-19(23-13-5-12-22(2)3)18(21-15)10-9-16-6-4-7-17(20)14-16/h4,6-11,14H,5,12-13H2,1-3H3. The van der Waals surface area contributed by atoms with Gasteiger partial charge in [0.05, 0.1) is 6.61 Å². The van der Waals surface area contributed by atoms with Crippen molar-refractivity contribution in [1.29, 1.82) is 0 Å². The molecule has 2 aromatic rings. The van der Waals surface area contributed by atoms with Crippen LogP contribution in [0.4, 0.5) is 0 Å². The number of benzene rings is 1. The minimum atomic E-state index is 0.681. The van der Waals surface area contributed by atoms with Gasteiger partial charge in [0, 0.05) is 17.3 Å². The zero-order valence-electron chi connectivity index (χ0n) is 13.9. The fourth-order valence-corrected chi connectivity index (χ4v) is 2.35. The third-order valence-electron chi connectivity index (χ3n) is 3.31. The molecular weight excluding hydrogens is 308 g/mol. The molecule has 0 fully saturated rings. The molecule has 0 aliphatic heterocycles. The number of aromatic nitrogens is 1. The second-order valence-corrected chi connectivity index (χ2v) is 6.17. The van der Waals surface area contributed by atoms with Crippen molar-refractivity contribution in [3.05, 3.63) is 58.4 Å². The first-order valence-corrected chi connectivity index (χ1v) is 8.11. The molecule has 1 aromatic carbocycles.